The first-order valence-electron chi connectivity index (χ1n) is 8.10. The Balaban J connectivity index is 1.70. The van der Waals surface area contributed by atoms with Crippen LogP contribution in [0.4, 0.5) is 0 Å². The minimum Gasteiger partial charge on any atom is -0.340 e. The summed E-state index contributed by atoms with van der Waals surface area (Å²) < 4.78 is 1.71. The molecule has 2 aromatic heterocycles. The third-order valence-electron chi connectivity index (χ3n) is 3.87. The number of thioether (sulfide) groups is 1. The molecule has 0 N–H and O–H groups in total. The summed E-state index contributed by atoms with van der Waals surface area (Å²) in [7, 11) is 1.82. The summed E-state index contributed by atoms with van der Waals surface area (Å²) in [5.41, 5.74) is 2.99. The van der Waals surface area contributed by atoms with Gasteiger partial charge in [-0.2, -0.15) is 4.98 Å². The molecule has 1 amide bonds. The third kappa shape index (κ3) is 3.99. The number of hydrogen-bond acceptors (Lipinski definition) is 5. The van der Waals surface area contributed by atoms with E-state index in [0.29, 0.717) is 17.5 Å². The predicted molar refractivity (Wildman–Crippen MR) is 98.5 cm³/mol. The zero-order chi connectivity index (χ0) is 18.0. The molecule has 0 aliphatic carbocycles. The second-order valence-corrected chi connectivity index (χ2v) is 7.39. The molecule has 0 radical (unpaired) electrons. The van der Waals surface area contributed by atoms with Gasteiger partial charge in [0.25, 0.3) is 5.78 Å². The SMILES string of the molecule is Cc1cc(C)n2nc(S[C@@H](C)C(=O)N(C)Cc3ccccc3)nc2n1. The van der Waals surface area contributed by atoms with Crippen molar-refractivity contribution in [3.8, 4) is 0 Å². The number of aryl methyl sites for hydroxylation is 2. The lowest BCUT2D eigenvalue weighted by atomic mass is 10.2. The van der Waals surface area contributed by atoms with Crippen LogP contribution in [0.1, 0.15) is 23.9 Å². The van der Waals surface area contributed by atoms with Crippen molar-refractivity contribution in [3.63, 3.8) is 0 Å². The highest BCUT2D eigenvalue weighted by Crippen LogP contribution is 2.22. The van der Waals surface area contributed by atoms with Gasteiger partial charge in [-0.25, -0.2) is 9.50 Å². The van der Waals surface area contributed by atoms with E-state index in [1.165, 1.54) is 11.8 Å². The Morgan fingerprint density at radius 1 is 1.24 bits per heavy atom. The van der Waals surface area contributed by atoms with Crippen LogP contribution in [-0.4, -0.2) is 42.7 Å². The third-order valence-corrected chi connectivity index (χ3v) is 4.81. The molecule has 25 heavy (non-hydrogen) atoms. The summed E-state index contributed by atoms with van der Waals surface area (Å²) in [4.78, 5) is 23.2. The summed E-state index contributed by atoms with van der Waals surface area (Å²) >= 11 is 1.36. The maximum absolute atomic E-state index is 12.6. The lowest BCUT2D eigenvalue weighted by Crippen LogP contribution is -2.32. The van der Waals surface area contributed by atoms with Crippen molar-refractivity contribution in [1.82, 2.24) is 24.5 Å². The largest absolute Gasteiger partial charge is 0.340 e. The van der Waals surface area contributed by atoms with Crippen LogP contribution >= 0.6 is 11.8 Å². The number of nitrogens with zero attached hydrogens (tertiary/aromatic N) is 5. The summed E-state index contributed by atoms with van der Waals surface area (Å²) in [5.74, 6) is 0.617. The molecule has 2 heterocycles. The van der Waals surface area contributed by atoms with Crippen LogP contribution in [0.5, 0.6) is 0 Å². The second kappa shape index (κ2) is 7.23. The van der Waals surface area contributed by atoms with E-state index >= 15 is 0 Å². The highest BCUT2D eigenvalue weighted by molar-refractivity contribution is 8.00. The van der Waals surface area contributed by atoms with Crippen molar-refractivity contribution in [2.24, 2.45) is 0 Å². The molecule has 130 valence electrons. The molecule has 0 unspecified atom stereocenters. The molecule has 0 aliphatic rings. The average Bonchev–Trinajstić information content (AvgIpc) is 2.97. The van der Waals surface area contributed by atoms with Gasteiger partial charge in [-0.15, -0.1) is 5.10 Å². The molecule has 1 atom stereocenters. The molecule has 0 saturated heterocycles. The van der Waals surface area contributed by atoms with Crippen LogP contribution in [0.25, 0.3) is 5.78 Å². The number of carbonyl (C=O) groups excluding carboxylic acids is 1. The maximum Gasteiger partial charge on any atom is 0.253 e. The summed E-state index contributed by atoms with van der Waals surface area (Å²) in [5, 5.41) is 4.75. The number of amides is 1. The Labute approximate surface area is 151 Å². The fourth-order valence-electron chi connectivity index (χ4n) is 2.65. The molecular weight excluding hydrogens is 334 g/mol. The van der Waals surface area contributed by atoms with Crippen molar-refractivity contribution < 1.29 is 4.79 Å². The van der Waals surface area contributed by atoms with Crippen molar-refractivity contribution in [2.75, 3.05) is 7.05 Å². The second-order valence-electron chi connectivity index (χ2n) is 6.09. The van der Waals surface area contributed by atoms with Gasteiger partial charge in [0, 0.05) is 25.0 Å². The minimum absolute atomic E-state index is 0.0496. The zero-order valence-corrected chi connectivity index (χ0v) is 15.6. The minimum atomic E-state index is -0.271. The lowest BCUT2D eigenvalue weighted by molar-refractivity contribution is -0.129. The Kier molecular flexibility index (Phi) is 5.03. The molecule has 1 aromatic carbocycles. The average molecular weight is 355 g/mol. The van der Waals surface area contributed by atoms with E-state index in [0.717, 1.165) is 17.0 Å². The van der Waals surface area contributed by atoms with E-state index in [2.05, 4.69) is 15.1 Å². The number of rotatable bonds is 5. The van der Waals surface area contributed by atoms with Gasteiger partial charge in [-0.1, -0.05) is 42.1 Å². The van der Waals surface area contributed by atoms with Crippen LogP contribution in [0.3, 0.4) is 0 Å². The quantitative estimate of drug-likeness (QED) is 0.659. The highest BCUT2D eigenvalue weighted by Gasteiger charge is 2.21. The van der Waals surface area contributed by atoms with Crippen LogP contribution in [0, 0.1) is 13.8 Å². The van der Waals surface area contributed by atoms with Crippen LogP contribution < -0.4 is 0 Å². The fraction of sp³-hybridized carbons (Fsp3) is 0.333. The zero-order valence-electron chi connectivity index (χ0n) is 14.8. The van der Waals surface area contributed by atoms with Crippen LogP contribution in [0.2, 0.25) is 0 Å². The molecule has 0 bridgehead atoms. The first-order chi connectivity index (χ1) is 11.9. The number of hydrogen-bond donors (Lipinski definition) is 0. The summed E-state index contributed by atoms with van der Waals surface area (Å²) in [6, 6.07) is 11.9. The molecule has 3 aromatic rings. The Morgan fingerprint density at radius 2 is 1.96 bits per heavy atom. The fourth-order valence-corrected chi connectivity index (χ4v) is 3.51. The molecule has 0 aliphatic heterocycles. The van der Waals surface area contributed by atoms with Gasteiger partial charge in [-0.3, -0.25) is 4.79 Å². The molecule has 6 nitrogen and oxygen atoms in total. The molecule has 3 rings (SSSR count). The van der Waals surface area contributed by atoms with Gasteiger partial charge in [0.1, 0.15) is 0 Å². The smallest absolute Gasteiger partial charge is 0.253 e. The first kappa shape index (κ1) is 17.4. The molecule has 0 fully saturated rings. The number of fused-ring (bicyclic) bond motifs is 1. The van der Waals surface area contributed by atoms with Gasteiger partial charge in [-0.05, 0) is 32.4 Å². The van der Waals surface area contributed by atoms with Gasteiger partial charge in [0.2, 0.25) is 11.1 Å². The predicted octanol–water partition coefficient (Wildman–Crippen LogP) is 2.88. The summed E-state index contributed by atoms with van der Waals surface area (Å²) in [6.07, 6.45) is 0. The van der Waals surface area contributed by atoms with E-state index in [4.69, 9.17) is 0 Å². The molecule has 7 heteroatoms. The van der Waals surface area contributed by atoms with E-state index in [1.54, 1.807) is 9.42 Å². The number of aromatic nitrogens is 4. The van der Waals surface area contributed by atoms with Crippen molar-refractivity contribution in [1.29, 1.82) is 0 Å². The van der Waals surface area contributed by atoms with Crippen molar-refractivity contribution in [3.05, 3.63) is 53.3 Å². The Bertz CT molecular complexity index is 893. The van der Waals surface area contributed by atoms with E-state index in [9.17, 15) is 4.79 Å². The molecule has 0 spiro atoms. The topological polar surface area (TPSA) is 63.4 Å². The number of benzene rings is 1. The highest BCUT2D eigenvalue weighted by atomic mass is 32.2. The number of carbonyl (C=O) groups is 1. The monoisotopic (exact) mass is 355 g/mol. The Morgan fingerprint density at radius 3 is 2.68 bits per heavy atom. The standard InChI is InChI=1S/C18H21N5OS/c1-12-10-13(2)23-17(19-12)20-18(21-23)25-14(3)16(24)22(4)11-15-8-6-5-7-9-15/h5-10,14H,11H2,1-4H3/t14-/m0/s1. The summed E-state index contributed by atoms with van der Waals surface area (Å²) in [6.45, 7) is 6.36. The Hall–Kier alpha value is -2.41. The molecule has 0 saturated carbocycles. The van der Waals surface area contributed by atoms with Gasteiger partial charge in [0.05, 0.1) is 5.25 Å². The first-order valence-corrected chi connectivity index (χ1v) is 8.98. The maximum atomic E-state index is 12.6. The van der Waals surface area contributed by atoms with Crippen LogP contribution in [-0.2, 0) is 11.3 Å². The normalized spacial score (nSPS) is 12.3. The van der Waals surface area contributed by atoms with Crippen LogP contribution in [0.15, 0.2) is 41.6 Å². The van der Waals surface area contributed by atoms with Crippen molar-refractivity contribution >= 4 is 23.4 Å². The van der Waals surface area contributed by atoms with Gasteiger partial charge in [0.15, 0.2) is 0 Å². The van der Waals surface area contributed by atoms with E-state index < -0.39 is 0 Å². The molecular formula is C18H21N5OS. The van der Waals surface area contributed by atoms with E-state index in [1.807, 2.05) is 64.2 Å². The van der Waals surface area contributed by atoms with Gasteiger partial charge >= 0.3 is 0 Å². The van der Waals surface area contributed by atoms with Gasteiger partial charge < -0.3 is 4.90 Å². The van der Waals surface area contributed by atoms with Crippen molar-refractivity contribution in [2.45, 2.75) is 37.7 Å². The van der Waals surface area contributed by atoms with E-state index in [-0.39, 0.29) is 11.2 Å². The lowest BCUT2D eigenvalue weighted by Gasteiger charge is -2.20.